The van der Waals surface area contributed by atoms with Gasteiger partial charge in [-0.25, -0.2) is 28.3 Å². The van der Waals surface area contributed by atoms with Gasteiger partial charge >= 0.3 is 11.9 Å². The molecule has 3 aliphatic rings. The lowest BCUT2D eigenvalue weighted by Crippen LogP contribution is -2.56. The molecule has 2 saturated heterocycles. The number of aryl methyl sites for hydroxylation is 1. The van der Waals surface area contributed by atoms with Crippen LogP contribution in [0.2, 0.25) is 10.0 Å². The largest absolute Gasteiger partial charge is 0.487 e. The Kier molecular flexibility index (Phi) is 13.5. The second kappa shape index (κ2) is 19.6. The van der Waals surface area contributed by atoms with E-state index < -0.39 is 23.4 Å². The van der Waals surface area contributed by atoms with Gasteiger partial charge in [0.25, 0.3) is 11.8 Å². The van der Waals surface area contributed by atoms with Crippen molar-refractivity contribution in [1.82, 2.24) is 25.6 Å². The molecule has 344 valence electrons. The highest BCUT2D eigenvalue weighted by Crippen LogP contribution is 2.46. The summed E-state index contributed by atoms with van der Waals surface area (Å²) in [6.07, 6.45) is 5.58. The van der Waals surface area contributed by atoms with E-state index in [1.807, 2.05) is 16.7 Å². The van der Waals surface area contributed by atoms with E-state index in [1.165, 1.54) is 61.1 Å². The van der Waals surface area contributed by atoms with E-state index in [-0.39, 0.29) is 47.4 Å². The van der Waals surface area contributed by atoms with E-state index in [4.69, 9.17) is 38.2 Å². The molecule has 1 saturated carbocycles. The fraction of sp³-hybridized carbons (Fsp3) is 0.229. The molecule has 0 bridgehead atoms. The number of carboxylic acid groups (broad SMARTS) is 2. The number of hydrogen-bond acceptors (Lipinski definition) is 11. The maximum absolute atomic E-state index is 13.4. The highest BCUT2D eigenvalue weighted by Gasteiger charge is 2.46. The molecule has 0 atom stereocenters. The van der Waals surface area contributed by atoms with E-state index in [0.29, 0.717) is 70.4 Å². The normalized spacial score (nSPS) is 14.9. The van der Waals surface area contributed by atoms with Crippen LogP contribution < -0.4 is 30.5 Å². The molecule has 3 aromatic carbocycles. The number of hydrogen-bond donors (Lipinski definition) is 5. The third kappa shape index (κ3) is 11.0. The van der Waals surface area contributed by atoms with Crippen LogP contribution in [0.25, 0.3) is 0 Å². The Bertz CT molecular complexity index is 2840. The molecule has 3 aromatic heterocycles. The van der Waals surface area contributed by atoms with Gasteiger partial charge in [0.05, 0.1) is 69.2 Å². The first-order valence-electron chi connectivity index (χ1n) is 21.0. The van der Waals surface area contributed by atoms with Crippen LogP contribution in [0.15, 0.2) is 110 Å². The third-order valence-electron chi connectivity index (χ3n) is 11.4. The highest BCUT2D eigenvalue weighted by atomic mass is 35.5. The molecule has 2 aliphatic heterocycles. The third-order valence-corrected chi connectivity index (χ3v) is 11.8. The fourth-order valence-electron chi connectivity index (χ4n) is 7.62. The van der Waals surface area contributed by atoms with Crippen LogP contribution in [0.4, 0.5) is 26.1 Å². The van der Waals surface area contributed by atoms with Crippen LogP contribution in [0.3, 0.4) is 0 Å². The molecule has 9 rings (SSSR count). The second-order valence-corrected chi connectivity index (χ2v) is 17.2. The van der Waals surface area contributed by atoms with Crippen LogP contribution in [-0.2, 0) is 12.1 Å². The topological polar surface area (TPSA) is 199 Å². The average Bonchev–Trinajstić information content (AvgIpc) is 4.06. The number of nitrogens with zero attached hydrogens (tertiary/aromatic N) is 5. The van der Waals surface area contributed by atoms with Crippen molar-refractivity contribution in [3.63, 3.8) is 0 Å². The molecule has 67 heavy (non-hydrogen) atoms. The van der Waals surface area contributed by atoms with E-state index >= 15 is 0 Å². The molecule has 15 nitrogen and oxygen atoms in total. The maximum atomic E-state index is 13.4. The molecule has 0 unspecified atom stereocenters. The standard InChI is InChI=1S/C26H24ClFN4O3.C22H18ClFN4O4/c1-15-10-19(28)6-7-22(15)30-20-13-32(14-20)23-21(11-18(27)12-29-23)24(33)31-26(8-9-26)17-4-2-16(3-5-17)25(34)35;23-14-6-19(21(29)27-10-16-5-4-13(8-25-16)22(30)31)20(26-9-14)28-11-18(12-28)32-17-3-1-2-15(24)7-17/h2-7,10-12,20,30H,8-9,13-14H2,1H3,(H,31,33)(H,34,35);1-9,18H,10-12H2,(H,27,29)(H,30,31). The number of rotatable bonds is 14. The number of carbonyl (C=O) groups is 4. The molecule has 3 fully saturated rings. The Balaban J connectivity index is 0.000000182. The molecule has 5 N–H and O–H groups in total. The van der Waals surface area contributed by atoms with Crippen molar-refractivity contribution in [2.75, 3.05) is 41.3 Å². The van der Waals surface area contributed by atoms with Crippen molar-refractivity contribution in [2.45, 2.75) is 44.0 Å². The number of nitrogens with one attached hydrogen (secondary N) is 3. The summed E-state index contributed by atoms with van der Waals surface area (Å²) >= 11 is 12.2. The first-order valence-corrected chi connectivity index (χ1v) is 21.8. The molecule has 2 amide bonds. The summed E-state index contributed by atoms with van der Waals surface area (Å²) in [6.45, 7) is 4.18. The Morgan fingerprint density at radius 2 is 1.34 bits per heavy atom. The molecular weight excluding hydrogens is 909 g/mol. The SMILES string of the molecule is Cc1cc(F)ccc1NC1CN(c2ncc(Cl)cc2C(=O)NC2(c3ccc(C(=O)O)cc3)CC2)C1.O=C(O)c1ccc(CNC(=O)c2cc(Cl)cnc2N2CC(Oc3cccc(F)c3)C2)nc1. The van der Waals surface area contributed by atoms with Crippen molar-refractivity contribution < 1.29 is 42.9 Å². The number of anilines is 3. The Morgan fingerprint density at radius 1 is 0.731 bits per heavy atom. The van der Waals surface area contributed by atoms with E-state index in [0.717, 1.165) is 29.7 Å². The number of aromatic nitrogens is 3. The van der Waals surface area contributed by atoms with Gasteiger partial charge in [0.1, 0.15) is 35.1 Å². The minimum absolute atomic E-state index is 0.0641. The van der Waals surface area contributed by atoms with Gasteiger partial charge in [0.2, 0.25) is 0 Å². The highest BCUT2D eigenvalue weighted by molar-refractivity contribution is 6.31. The van der Waals surface area contributed by atoms with Gasteiger partial charge in [0, 0.05) is 43.4 Å². The minimum Gasteiger partial charge on any atom is -0.487 e. The number of aromatic carboxylic acids is 2. The van der Waals surface area contributed by atoms with Crippen LogP contribution in [0, 0.1) is 18.6 Å². The summed E-state index contributed by atoms with van der Waals surface area (Å²) in [6, 6.07) is 23.4. The summed E-state index contributed by atoms with van der Waals surface area (Å²) in [4.78, 5) is 64.8. The van der Waals surface area contributed by atoms with Gasteiger partial charge in [-0.05, 0) is 97.6 Å². The van der Waals surface area contributed by atoms with Gasteiger partial charge in [0.15, 0.2) is 0 Å². The number of pyridine rings is 3. The van der Waals surface area contributed by atoms with Gasteiger partial charge in [-0.15, -0.1) is 0 Å². The molecule has 6 aromatic rings. The van der Waals surface area contributed by atoms with Gasteiger partial charge in [-0.1, -0.05) is 41.4 Å². The quantitative estimate of drug-likeness (QED) is 0.0711. The number of benzene rings is 3. The number of halogens is 4. The van der Waals surface area contributed by atoms with Crippen LogP contribution in [-0.4, -0.2) is 87.2 Å². The molecule has 0 radical (unpaired) electrons. The second-order valence-electron chi connectivity index (χ2n) is 16.3. The van der Waals surface area contributed by atoms with Crippen molar-refractivity contribution in [2.24, 2.45) is 0 Å². The van der Waals surface area contributed by atoms with Crippen molar-refractivity contribution >= 4 is 64.3 Å². The molecule has 0 spiro atoms. The van der Waals surface area contributed by atoms with Crippen LogP contribution >= 0.6 is 23.2 Å². The summed E-state index contributed by atoms with van der Waals surface area (Å²) in [5, 5.41) is 28.0. The zero-order chi connectivity index (χ0) is 47.4. The van der Waals surface area contributed by atoms with Gasteiger partial charge < -0.3 is 40.7 Å². The molecule has 19 heteroatoms. The Labute approximate surface area is 392 Å². The summed E-state index contributed by atoms with van der Waals surface area (Å²) in [5.74, 6) is -1.92. The molecule has 1 aliphatic carbocycles. The average molecular weight is 952 g/mol. The number of amides is 2. The zero-order valence-electron chi connectivity index (χ0n) is 35.7. The first-order chi connectivity index (χ1) is 32.1. The molecule has 5 heterocycles. The van der Waals surface area contributed by atoms with E-state index in [2.05, 4.69) is 30.9 Å². The lowest BCUT2D eigenvalue weighted by atomic mass is 10.0. The first kappa shape index (κ1) is 46.2. The lowest BCUT2D eigenvalue weighted by Gasteiger charge is -2.41. The Morgan fingerprint density at radius 3 is 1.93 bits per heavy atom. The van der Waals surface area contributed by atoms with Gasteiger partial charge in [-0.2, -0.15) is 0 Å². The fourth-order valence-corrected chi connectivity index (χ4v) is 7.94. The van der Waals surface area contributed by atoms with E-state index in [1.54, 1.807) is 48.5 Å². The predicted molar refractivity (Wildman–Crippen MR) is 246 cm³/mol. The summed E-state index contributed by atoms with van der Waals surface area (Å²) < 4.78 is 32.5. The van der Waals surface area contributed by atoms with E-state index in [9.17, 15) is 28.0 Å². The summed E-state index contributed by atoms with van der Waals surface area (Å²) in [5.41, 5.74) is 3.52. The van der Waals surface area contributed by atoms with Crippen molar-refractivity contribution in [3.8, 4) is 5.75 Å². The van der Waals surface area contributed by atoms with Crippen LogP contribution in [0.1, 0.15) is 71.1 Å². The molecular formula is C48H42Cl2F2N8O7. The minimum atomic E-state index is -1.07. The van der Waals surface area contributed by atoms with Crippen LogP contribution in [0.5, 0.6) is 5.75 Å². The number of carbonyl (C=O) groups excluding carboxylic acids is 2. The Hall–Kier alpha value is -7.37. The van der Waals surface area contributed by atoms with Gasteiger partial charge in [-0.3, -0.25) is 14.6 Å². The monoisotopic (exact) mass is 950 g/mol. The maximum Gasteiger partial charge on any atom is 0.337 e. The smallest absolute Gasteiger partial charge is 0.337 e. The van der Waals surface area contributed by atoms with Crippen molar-refractivity contribution in [1.29, 1.82) is 0 Å². The number of ether oxygens (including phenoxy) is 1. The lowest BCUT2D eigenvalue weighted by molar-refractivity contribution is 0.0685. The van der Waals surface area contributed by atoms with Crippen molar-refractivity contribution in [3.05, 3.63) is 170 Å². The predicted octanol–water partition coefficient (Wildman–Crippen LogP) is 7.77. The zero-order valence-corrected chi connectivity index (χ0v) is 37.2. The number of carboxylic acids is 2. The summed E-state index contributed by atoms with van der Waals surface area (Å²) in [7, 11) is 0.